The van der Waals surface area contributed by atoms with Gasteiger partial charge in [-0.1, -0.05) is 12.1 Å². The Morgan fingerprint density at radius 2 is 2.19 bits per heavy atom. The van der Waals surface area contributed by atoms with Crippen molar-refractivity contribution in [3.63, 3.8) is 0 Å². The molecular weight excluding hydrogens is 260 g/mol. The standard InChI is InChI=1S/C18H22N2O/c1-4-20-10-12-8-16-14(9-18(2,21)11-19(16)3)13-6-5-7-15(20)17(12)13/h5-7,9-10,16,21H,4,8,11H2,1-3H3/t16-,18+/m1/s1. The maximum atomic E-state index is 10.5. The van der Waals surface area contributed by atoms with Crippen molar-refractivity contribution >= 4 is 16.5 Å². The van der Waals surface area contributed by atoms with Gasteiger partial charge in [-0.2, -0.15) is 0 Å². The van der Waals surface area contributed by atoms with Gasteiger partial charge in [0.2, 0.25) is 0 Å². The van der Waals surface area contributed by atoms with Crippen LogP contribution in [0.4, 0.5) is 0 Å². The number of likely N-dealkylation sites (N-methyl/N-ethyl adjacent to an activating group) is 1. The second-order valence-corrected chi connectivity index (χ2v) is 6.73. The monoisotopic (exact) mass is 282 g/mol. The van der Waals surface area contributed by atoms with Crippen LogP contribution in [0.2, 0.25) is 0 Å². The SMILES string of the molecule is CCn1cc2c3c(cccc31)C1=C[C@](C)(O)CN(C)[C@@H]1C2. The molecule has 110 valence electrons. The highest BCUT2D eigenvalue weighted by atomic mass is 16.3. The second kappa shape index (κ2) is 4.21. The Morgan fingerprint density at radius 1 is 1.38 bits per heavy atom. The molecule has 21 heavy (non-hydrogen) atoms. The summed E-state index contributed by atoms with van der Waals surface area (Å²) in [6, 6.07) is 6.94. The van der Waals surface area contributed by atoms with Crippen molar-refractivity contribution in [2.45, 2.75) is 38.5 Å². The zero-order valence-corrected chi connectivity index (χ0v) is 12.9. The van der Waals surface area contributed by atoms with Crippen molar-refractivity contribution in [3.05, 3.63) is 41.6 Å². The average Bonchev–Trinajstić information content (AvgIpc) is 2.79. The summed E-state index contributed by atoms with van der Waals surface area (Å²) in [5.74, 6) is 0. The fraction of sp³-hybridized carbons (Fsp3) is 0.444. The second-order valence-electron chi connectivity index (χ2n) is 6.73. The van der Waals surface area contributed by atoms with Gasteiger partial charge in [0.15, 0.2) is 0 Å². The molecule has 0 spiro atoms. The first-order valence-corrected chi connectivity index (χ1v) is 7.76. The Labute approximate surface area is 125 Å². The molecule has 2 heterocycles. The lowest BCUT2D eigenvalue weighted by Crippen LogP contribution is -2.49. The van der Waals surface area contributed by atoms with Gasteiger partial charge in [-0.3, -0.25) is 4.90 Å². The van der Waals surface area contributed by atoms with Crippen LogP contribution in [0.1, 0.15) is 25.0 Å². The summed E-state index contributed by atoms with van der Waals surface area (Å²) in [7, 11) is 2.12. The number of hydrogen-bond donors (Lipinski definition) is 1. The van der Waals surface area contributed by atoms with Crippen molar-refractivity contribution in [3.8, 4) is 0 Å². The molecule has 3 nitrogen and oxygen atoms in total. The molecule has 1 N–H and O–H groups in total. The van der Waals surface area contributed by atoms with E-state index in [-0.39, 0.29) is 0 Å². The van der Waals surface area contributed by atoms with Crippen LogP contribution >= 0.6 is 0 Å². The van der Waals surface area contributed by atoms with E-state index in [2.05, 4.69) is 53.9 Å². The first kappa shape index (κ1) is 13.1. The summed E-state index contributed by atoms with van der Waals surface area (Å²) < 4.78 is 2.34. The van der Waals surface area contributed by atoms with E-state index in [0.717, 1.165) is 13.0 Å². The first-order chi connectivity index (χ1) is 10.00. The predicted molar refractivity (Wildman–Crippen MR) is 86.3 cm³/mol. The Balaban J connectivity index is 2.02. The molecule has 1 aliphatic carbocycles. The molecule has 4 rings (SSSR count). The minimum atomic E-state index is -0.742. The van der Waals surface area contributed by atoms with Gasteiger partial charge < -0.3 is 9.67 Å². The van der Waals surface area contributed by atoms with Crippen LogP contribution in [-0.2, 0) is 13.0 Å². The van der Waals surface area contributed by atoms with Gasteiger partial charge in [0.25, 0.3) is 0 Å². The summed E-state index contributed by atoms with van der Waals surface area (Å²) in [4.78, 5) is 2.29. The summed E-state index contributed by atoms with van der Waals surface area (Å²) in [5, 5.41) is 11.9. The fourth-order valence-corrected chi connectivity index (χ4v) is 4.16. The number of β-amino-alcohol motifs (C(OH)–C–C–N with tert-alkyl or cyclic N) is 1. The topological polar surface area (TPSA) is 28.4 Å². The molecule has 3 heteroatoms. The van der Waals surface area contributed by atoms with Gasteiger partial charge in [0.1, 0.15) is 0 Å². The maximum absolute atomic E-state index is 10.5. The van der Waals surface area contributed by atoms with E-state index in [1.54, 1.807) is 0 Å². The summed E-state index contributed by atoms with van der Waals surface area (Å²) in [6.45, 7) is 5.79. The minimum absolute atomic E-state index is 0.385. The van der Waals surface area contributed by atoms with Gasteiger partial charge in [-0.15, -0.1) is 0 Å². The molecule has 2 atom stereocenters. The summed E-state index contributed by atoms with van der Waals surface area (Å²) in [5.41, 5.74) is 4.61. The number of fused-ring (bicyclic) bond motifs is 2. The van der Waals surface area contributed by atoms with E-state index >= 15 is 0 Å². The number of aromatic nitrogens is 1. The van der Waals surface area contributed by atoms with Crippen molar-refractivity contribution in [2.75, 3.05) is 13.6 Å². The molecule has 1 aliphatic heterocycles. The Kier molecular flexibility index (Phi) is 2.63. The van der Waals surface area contributed by atoms with E-state index in [1.165, 1.54) is 27.6 Å². The minimum Gasteiger partial charge on any atom is -0.385 e. The number of hydrogen-bond acceptors (Lipinski definition) is 2. The van der Waals surface area contributed by atoms with E-state index in [4.69, 9.17) is 0 Å². The lowest BCUT2D eigenvalue weighted by Gasteiger charge is -2.42. The van der Waals surface area contributed by atoms with E-state index < -0.39 is 5.60 Å². The van der Waals surface area contributed by atoms with Gasteiger partial charge >= 0.3 is 0 Å². The maximum Gasteiger partial charge on any atom is 0.0932 e. The van der Waals surface area contributed by atoms with Crippen LogP contribution in [0.15, 0.2) is 30.5 Å². The Hall–Kier alpha value is -1.58. The quantitative estimate of drug-likeness (QED) is 0.871. The zero-order valence-electron chi connectivity index (χ0n) is 12.9. The molecule has 2 aliphatic rings. The molecule has 1 aromatic heterocycles. The average molecular weight is 282 g/mol. The van der Waals surface area contributed by atoms with Gasteiger partial charge in [0, 0.05) is 36.2 Å². The van der Waals surface area contributed by atoms with Crippen LogP contribution < -0.4 is 0 Å². The lowest BCUT2D eigenvalue weighted by atomic mass is 9.79. The number of benzene rings is 1. The van der Waals surface area contributed by atoms with Crippen molar-refractivity contribution in [1.82, 2.24) is 9.47 Å². The van der Waals surface area contributed by atoms with Crippen LogP contribution in [0, 0.1) is 0 Å². The highest BCUT2D eigenvalue weighted by Crippen LogP contribution is 2.42. The number of aliphatic hydroxyl groups is 1. The highest BCUT2D eigenvalue weighted by molar-refractivity contribution is 5.98. The molecular formula is C18H22N2O. The highest BCUT2D eigenvalue weighted by Gasteiger charge is 2.37. The Bertz CT molecular complexity index is 754. The molecule has 1 aromatic carbocycles. The molecule has 0 radical (unpaired) electrons. The van der Waals surface area contributed by atoms with Gasteiger partial charge in [-0.05, 0) is 56.2 Å². The third-order valence-electron chi connectivity index (χ3n) is 4.98. The zero-order chi connectivity index (χ0) is 14.8. The predicted octanol–water partition coefficient (Wildman–Crippen LogP) is 2.67. The molecule has 0 saturated carbocycles. The number of nitrogens with zero attached hydrogens (tertiary/aromatic N) is 2. The van der Waals surface area contributed by atoms with Crippen LogP contribution in [0.5, 0.6) is 0 Å². The molecule has 0 amide bonds. The smallest absolute Gasteiger partial charge is 0.0932 e. The molecule has 2 aromatic rings. The van der Waals surface area contributed by atoms with Crippen molar-refractivity contribution in [2.24, 2.45) is 0 Å². The molecule has 0 unspecified atom stereocenters. The normalized spacial score (nSPS) is 28.6. The third kappa shape index (κ3) is 1.81. The Morgan fingerprint density at radius 3 is 2.95 bits per heavy atom. The van der Waals surface area contributed by atoms with Gasteiger partial charge in [0.05, 0.1) is 5.60 Å². The van der Waals surface area contributed by atoms with Crippen LogP contribution in [-0.4, -0.2) is 39.8 Å². The van der Waals surface area contributed by atoms with Gasteiger partial charge in [-0.25, -0.2) is 0 Å². The summed E-state index contributed by atoms with van der Waals surface area (Å²) >= 11 is 0. The lowest BCUT2D eigenvalue weighted by molar-refractivity contribution is 0.0543. The van der Waals surface area contributed by atoms with Crippen molar-refractivity contribution < 1.29 is 5.11 Å². The molecule has 0 fully saturated rings. The van der Waals surface area contributed by atoms with Crippen LogP contribution in [0.3, 0.4) is 0 Å². The van der Waals surface area contributed by atoms with E-state index in [0.29, 0.717) is 12.6 Å². The largest absolute Gasteiger partial charge is 0.385 e. The first-order valence-electron chi connectivity index (χ1n) is 7.76. The van der Waals surface area contributed by atoms with Crippen molar-refractivity contribution in [1.29, 1.82) is 0 Å². The molecule has 0 bridgehead atoms. The summed E-state index contributed by atoms with van der Waals surface area (Å²) in [6.07, 6.45) is 5.43. The van der Waals surface area contributed by atoms with Crippen LogP contribution in [0.25, 0.3) is 16.5 Å². The third-order valence-corrected chi connectivity index (χ3v) is 4.98. The number of rotatable bonds is 1. The fourth-order valence-electron chi connectivity index (χ4n) is 4.16. The van der Waals surface area contributed by atoms with E-state index in [9.17, 15) is 5.11 Å². The number of aryl methyl sites for hydroxylation is 1. The molecule has 0 saturated heterocycles. The van der Waals surface area contributed by atoms with E-state index in [1.807, 2.05) is 6.92 Å².